The first-order chi connectivity index (χ1) is 15.8. The van der Waals surface area contributed by atoms with Crippen LogP contribution in [0.15, 0.2) is 29.1 Å². The number of hydrogen-bond donors (Lipinski definition) is 5. The molecule has 0 bridgehead atoms. The van der Waals surface area contributed by atoms with Crippen LogP contribution in [-0.4, -0.2) is 50.8 Å². The van der Waals surface area contributed by atoms with Gasteiger partial charge in [-0.3, -0.25) is 23.7 Å². The molecule has 34 heavy (non-hydrogen) atoms. The van der Waals surface area contributed by atoms with E-state index < -0.39 is 76.5 Å². The molecule has 0 spiro atoms. The number of alkyl halides is 3. The highest BCUT2D eigenvalue weighted by atomic mass is 19.4. The Balaban J connectivity index is 2.73. The molecule has 5 N–H and O–H groups in total. The number of halogens is 3. The van der Waals surface area contributed by atoms with Gasteiger partial charge in [0.15, 0.2) is 5.75 Å². The van der Waals surface area contributed by atoms with E-state index in [0.29, 0.717) is 4.57 Å². The molecule has 2 amide bonds. The zero-order valence-corrected chi connectivity index (χ0v) is 18.1. The maximum Gasteiger partial charge on any atom is 0.416 e. The van der Waals surface area contributed by atoms with Crippen molar-refractivity contribution >= 4 is 17.8 Å². The molecule has 10 nitrogen and oxygen atoms in total. The molecular formula is C21H22F3N3O7. The fourth-order valence-corrected chi connectivity index (χ4v) is 2.99. The zero-order chi connectivity index (χ0) is 25.8. The molecule has 1 aromatic carbocycles. The second kappa shape index (κ2) is 10.3. The fraction of sp³-hybridized carbons (Fsp3) is 0.333. The molecule has 0 unspecified atom stereocenters. The van der Waals surface area contributed by atoms with Gasteiger partial charge < -0.3 is 26.0 Å². The number of aromatic hydroxyl groups is 2. The van der Waals surface area contributed by atoms with Gasteiger partial charge in [0.2, 0.25) is 5.88 Å². The maximum atomic E-state index is 13.4. The zero-order valence-electron chi connectivity index (χ0n) is 18.1. The van der Waals surface area contributed by atoms with Crippen LogP contribution in [0.3, 0.4) is 0 Å². The molecule has 1 aromatic heterocycles. The van der Waals surface area contributed by atoms with E-state index in [1.807, 2.05) is 5.32 Å². The summed E-state index contributed by atoms with van der Waals surface area (Å²) in [6.45, 7) is 1.67. The summed E-state index contributed by atoms with van der Waals surface area (Å²) in [5.41, 5.74) is -5.07. The molecule has 13 heteroatoms. The average Bonchev–Trinajstić information content (AvgIpc) is 2.73. The minimum atomic E-state index is -4.81. The van der Waals surface area contributed by atoms with Gasteiger partial charge in [-0.25, -0.2) is 0 Å². The molecule has 0 fully saturated rings. The van der Waals surface area contributed by atoms with Gasteiger partial charge in [-0.05, 0) is 17.5 Å². The summed E-state index contributed by atoms with van der Waals surface area (Å²) in [5, 5.41) is 34.0. The number of carbonyl (C=O) groups excluding carboxylic acids is 2. The van der Waals surface area contributed by atoms with E-state index in [0.717, 1.165) is 18.2 Å². The Hall–Kier alpha value is -4.03. The van der Waals surface area contributed by atoms with E-state index in [1.54, 1.807) is 13.8 Å². The van der Waals surface area contributed by atoms with Crippen LogP contribution in [0, 0.1) is 5.92 Å². The minimum absolute atomic E-state index is 0.0638. The molecular weight excluding hydrogens is 463 g/mol. The van der Waals surface area contributed by atoms with E-state index >= 15 is 0 Å². The highest BCUT2D eigenvalue weighted by Crippen LogP contribution is 2.34. The summed E-state index contributed by atoms with van der Waals surface area (Å²) in [4.78, 5) is 48.7. The van der Waals surface area contributed by atoms with Crippen molar-refractivity contribution in [2.45, 2.75) is 26.6 Å². The molecule has 0 aliphatic rings. The lowest BCUT2D eigenvalue weighted by Gasteiger charge is -2.19. The van der Waals surface area contributed by atoms with Gasteiger partial charge in [0.05, 0.1) is 12.1 Å². The summed E-state index contributed by atoms with van der Waals surface area (Å²) >= 11 is 0. The predicted molar refractivity (Wildman–Crippen MR) is 112 cm³/mol. The molecule has 0 aliphatic heterocycles. The van der Waals surface area contributed by atoms with Crippen molar-refractivity contribution in [2.75, 3.05) is 13.1 Å². The van der Waals surface area contributed by atoms with E-state index in [2.05, 4.69) is 5.32 Å². The Kier molecular flexibility index (Phi) is 7.92. The second-order valence-electron chi connectivity index (χ2n) is 7.65. The topological polar surface area (TPSA) is 158 Å². The monoisotopic (exact) mass is 485 g/mol. The van der Waals surface area contributed by atoms with Crippen LogP contribution in [-0.2, 0) is 17.5 Å². The van der Waals surface area contributed by atoms with Gasteiger partial charge in [0, 0.05) is 6.54 Å². The number of benzene rings is 1. The Bertz CT molecular complexity index is 1170. The largest absolute Gasteiger partial charge is 0.506 e. The number of amides is 2. The molecule has 0 saturated heterocycles. The van der Waals surface area contributed by atoms with Gasteiger partial charge in [-0.2, -0.15) is 13.2 Å². The highest BCUT2D eigenvalue weighted by molar-refractivity contribution is 6.05. The maximum absolute atomic E-state index is 13.4. The van der Waals surface area contributed by atoms with Crippen LogP contribution >= 0.6 is 0 Å². The summed E-state index contributed by atoms with van der Waals surface area (Å²) in [7, 11) is 0. The van der Waals surface area contributed by atoms with E-state index in [9.17, 15) is 42.6 Å². The number of nitrogens with one attached hydrogen (secondary N) is 2. The van der Waals surface area contributed by atoms with Crippen LogP contribution in [0.5, 0.6) is 11.6 Å². The summed E-state index contributed by atoms with van der Waals surface area (Å²) < 4.78 is 40.6. The third kappa shape index (κ3) is 5.85. The van der Waals surface area contributed by atoms with Crippen LogP contribution in [0.2, 0.25) is 0 Å². The molecule has 0 atom stereocenters. The summed E-state index contributed by atoms with van der Waals surface area (Å²) in [6, 6.07) is 4.14. The molecule has 1 heterocycles. The number of carbonyl (C=O) groups is 3. The molecule has 0 aliphatic carbocycles. The number of hydrogen-bond acceptors (Lipinski definition) is 6. The first-order valence-corrected chi connectivity index (χ1v) is 9.87. The highest BCUT2D eigenvalue weighted by Gasteiger charge is 2.34. The van der Waals surface area contributed by atoms with Crippen molar-refractivity contribution in [1.82, 2.24) is 15.2 Å². The molecule has 184 valence electrons. The van der Waals surface area contributed by atoms with Crippen LogP contribution < -0.4 is 16.2 Å². The average molecular weight is 485 g/mol. The quantitative estimate of drug-likeness (QED) is 0.379. The van der Waals surface area contributed by atoms with Crippen molar-refractivity contribution in [1.29, 1.82) is 0 Å². The Morgan fingerprint density at radius 1 is 1.03 bits per heavy atom. The Morgan fingerprint density at radius 2 is 1.62 bits per heavy atom. The lowest BCUT2D eigenvalue weighted by molar-refractivity contribution is -0.138. The summed E-state index contributed by atoms with van der Waals surface area (Å²) in [6.07, 6.45) is -4.81. The van der Waals surface area contributed by atoms with Gasteiger partial charge in [-0.1, -0.05) is 32.0 Å². The standard InChI is InChI=1S/C21H22F3N3O7/c1-10(2)7-25-17(31)14-16(30)15(18(32)26-8-13(28)29)20(34)27(19(14)33)9-11-5-3-4-6-12(11)21(22,23)24/h3-6,10,30,33H,7-9H2,1-2H3,(H,25,31)(H,26,32)(H,28,29). The SMILES string of the molecule is CC(C)CNC(=O)c1c(O)c(C(=O)NCC(=O)O)c(=O)n(Cc2ccccc2C(F)(F)F)c1O. The number of nitrogens with zero attached hydrogens (tertiary/aromatic N) is 1. The van der Waals surface area contributed by atoms with Crippen LogP contribution in [0.4, 0.5) is 13.2 Å². The normalized spacial score (nSPS) is 11.4. The van der Waals surface area contributed by atoms with Crippen molar-refractivity contribution in [2.24, 2.45) is 5.92 Å². The van der Waals surface area contributed by atoms with Gasteiger partial charge in [0.25, 0.3) is 17.4 Å². The number of carboxylic acid groups (broad SMARTS) is 1. The van der Waals surface area contributed by atoms with Gasteiger partial charge >= 0.3 is 12.1 Å². The third-order valence-electron chi connectivity index (χ3n) is 4.59. The lowest BCUT2D eigenvalue weighted by atomic mass is 10.1. The summed E-state index contributed by atoms with van der Waals surface area (Å²) in [5.74, 6) is -6.48. The number of rotatable bonds is 8. The molecule has 2 aromatic rings. The fourth-order valence-electron chi connectivity index (χ4n) is 2.99. The van der Waals surface area contributed by atoms with Crippen molar-refractivity contribution < 1.29 is 42.9 Å². The Morgan fingerprint density at radius 3 is 2.18 bits per heavy atom. The smallest absolute Gasteiger partial charge is 0.416 e. The second-order valence-corrected chi connectivity index (χ2v) is 7.65. The third-order valence-corrected chi connectivity index (χ3v) is 4.59. The number of aliphatic carboxylic acids is 1. The van der Waals surface area contributed by atoms with Crippen molar-refractivity contribution in [3.8, 4) is 11.6 Å². The van der Waals surface area contributed by atoms with E-state index in [1.165, 1.54) is 6.07 Å². The van der Waals surface area contributed by atoms with Gasteiger partial charge in [0.1, 0.15) is 17.7 Å². The van der Waals surface area contributed by atoms with E-state index in [4.69, 9.17) is 5.11 Å². The number of pyridine rings is 1. The van der Waals surface area contributed by atoms with Gasteiger partial charge in [-0.15, -0.1) is 0 Å². The minimum Gasteiger partial charge on any atom is -0.506 e. The first-order valence-electron chi connectivity index (χ1n) is 9.87. The molecule has 2 rings (SSSR count). The molecule has 0 saturated carbocycles. The predicted octanol–water partition coefficient (Wildman–Crippen LogP) is 1.53. The van der Waals surface area contributed by atoms with E-state index in [-0.39, 0.29) is 12.5 Å². The number of aromatic nitrogens is 1. The Labute approximate surface area is 190 Å². The molecule has 0 radical (unpaired) electrons. The van der Waals surface area contributed by atoms with Crippen LogP contribution in [0.1, 0.15) is 45.7 Å². The first kappa shape index (κ1) is 26.2. The van der Waals surface area contributed by atoms with Crippen molar-refractivity contribution in [3.05, 3.63) is 56.9 Å². The van der Waals surface area contributed by atoms with Crippen LogP contribution in [0.25, 0.3) is 0 Å². The number of carboxylic acids is 1. The lowest BCUT2D eigenvalue weighted by Crippen LogP contribution is -2.38. The van der Waals surface area contributed by atoms with Crippen molar-refractivity contribution in [3.63, 3.8) is 0 Å².